The zero-order valence-corrected chi connectivity index (χ0v) is 12.9. The van der Waals surface area contributed by atoms with Crippen LogP contribution in [0.15, 0.2) is 54.6 Å². The molecule has 0 spiro atoms. The molecule has 0 amide bonds. The zero-order valence-electron chi connectivity index (χ0n) is 12.9. The minimum absolute atomic E-state index is 0.0331. The van der Waals surface area contributed by atoms with Crippen LogP contribution in [-0.2, 0) is 0 Å². The average molecular weight is 286 g/mol. The van der Waals surface area contributed by atoms with E-state index >= 15 is 0 Å². The molecule has 0 saturated carbocycles. The zero-order chi connectivity index (χ0) is 15.2. The van der Waals surface area contributed by atoms with Gasteiger partial charge in [0.05, 0.1) is 0 Å². The Bertz CT molecular complexity index is 556. The maximum atomic E-state index is 13.9. The van der Waals surface area contributed by atoms with Crippen molar-refractivity contribution in [2.75, 3.05) is 20.6 Å². The number of halogens is 1. The van der Waals surface area contributed by atoms with Crippen molar-refractivity contribution in [3.63, 3.8) is 0 Å². The van der Waals surface area contributed by atoms with Gasteiger partial charge in [-0.25, -0.2) is 4.39 Å². The van der Waals surface area contributed by atoms with Gasteiger partial charge in [0.15, 0.2) is 0 Å². The molecule has 2 nitrogen and oxygen atoms in total. The van der Waals surface area contributed by atoms with Gasteiger partial charge < -0.3 is 5.32 Å². The van der Waals surface area contributed by atoms with Crippen LogP contribution in [0.25, 0.3) is 0 Å². The van der Waals surface area contributed by atoms with Gasteiger partial charge in [0.25, 0.3) is 0 Å². The lowest BCUT2D eigenvalue weighted by Gasteiger charge is -2.29. The lowest BCUT2D eigenvalue weighted by molar-refractivity contribution is 0.231. The lowest BCUT2D eigenvalue weighted by Crippen LogP contribution is -2.33. The summed E-state index contributed by atoms with van der Waals surface area (Å²) in [6.45, 7) is 2.85. The highest BCUT2D eigenvalue weighted by Crippen LogP contribution is 2.24. The third-order valence-electron chi connectivity index (χ3n) is 4.04. The summed E-state index contributed by atoms with van der Waals surface area (Å²) in [6.07, 6.45) is 0. The van der Waals surface area contributed by atoms with Crippen LogP contribution < -0.4 is 5.32 Å². The van der Waals surface area contributed by atoms with Gasteiger partial charge in [0.1, 0.15) is 5.82 Å². The molecule has 112 valence electrons. The molecule has 2 aromatic carbocycles. The Balaban J connectivity index is 2.09. The van der Waals surface area contributed by atoms with Crippen LogP contribution >= 0.6 is 0 Å². The number of hydrogen-bond donors (Lipinski definition) is 1. The van der Waals surface area contributed by atoms with Crippen molar-refractivity contribution in [1.29, 1.82) is 0 Å². The van der Waals surface area contributed by atoms with Gasteiger partial charge in [0, 0.05) is 24.2 Å². The topological polar surface area (TPSA) is 15.3 Å². The highest BCUT2D eigenvalue weighted by molar-refractivity contribution is 5.22. The van der Waals surface area contributed by atoms with Gasteiger partial charge in [-0.15, -0.1) is 0 Å². The van der Waals surface area contributed by atoms with E-state index < -0.39 is 0 Å². The van der Waals surface area contributed by atoms with Gasteiger partial charge in [-0.3, -0.25) is 4.90 Å². The minimum atomic E-state index is -0.141. The van der Waals surface area contributed by atoms with Crippen molar-refractivity contribution < 1.29 is 4.39 Å². The van der Waals surface area contributed by atoms with E-state index in [1.54, 1.807) is 6.07 Å². The Kier molecular flexibility index (Phi) is 5.48. The van der Waals surface area contributed by atoms with Gasteiger partial charge in [-0.1, -0.05) is 48.5 Å². The Labute approximate surface area is 126 Å². The second-order valence-electron chi connectivity index (χ2n) is 5.39. The maximum absolute atomic E-state index is 13.9. The summed E-state index contributed by atoms with van der Waals surface area (Å²) in [7, 11) is 3.99. The Morgan fingerprint density at radius 2 is 1.67 bits per heavy atom. The molecular formula is C18H23FN2. The predicted molar refractivity (Wildman–Crippen MR) is 85.7 cm³/mol. The Hall–Kier alpha value is -1.71. The molecule has 2 aromatic rings. The number of rotatable bonds is 6. The number of benzene rings is 2. The second kappa shape index (κ2) is 7.34. The molecule has 0 aliphatic rings. The second-order valence-corrected chi connectivity index (χ2v) is 5.39. The number of nitrogens with zero attached hydrogens (tertiary/aromatic N) is 1. The third-order valence-corrected chi connectivity index (χ3v) is 4.04. The summed E-state index contributed by atoms with van der Waals surface area (Å²) in [5.41, 5.74) is 1.98. The summed E-state index contributed by atoms with van der Waals surface area (Å²) in [4.78, 5) is 2.17. The molecule has 0 saturated heterocycles. The van der Waals surface area contributed by atoms with E-state index in [1.807, 2.05) is 51.4 Å². The van der Waals surface area contributed by atoms with Crippen LogP contribution in [0.4, 0.5) is 4.39 Å². The number of likely N-dealkylation sites (N-methyl/N-ethyl adjacent to an activating group) is 2. The molecule has 2 rings (SSSR count). The molecule has 21 heavy (non-hydrogen) atoms. The first-order valence-electron chi connectivity index (χ1n) is 7.30. The molecule has 0 aliphatic heterocycles. The first-order chi connectivity index (χ1) is 10.1. The van der Waals surface area contributed by atoms with Crippen LogP contribution in [0.1, 0.15) is 30.1 Å². The van der Waals surface area contributed by atoms with Crippen LogP contribution in [0.5, 0.6) is 0 Å². The van der Waals surface area contributed by atoms with E-state index in [2.05, 4.69) is 22.3 Å². The number of nitrogens with one attached hydrogen (secondary N) is 1. The SMILES string of the molecule is CNC(CN(C)C(C)c1ccccc1F)c1ccccc1. The van der Waals surface area contributed by atoms with Crippen LogP contribution in [0.3, 0.4) is 0 Å². The minimum Gasteiger partial charge on any atom is -0.312 e. The van der Waals surface area contributed by atoms with E-state index in [0.717, 1.165) is 12.1 Å². The van der Waals surface area contributed by atoms with Crippen molar-refractivity contribution >= 4 is 0 Å². The lowest BCUT2D eigenvalue weighted by atomic mass is 10.0. The summed E-state index contributed by atoms with van der Waals surface area (Å²) < 4.78 is 13.9. The van der Waals surface area contributed by atoms with Crippen LogP contribution in [0, 0.1) is 5.82 Å². The van der Waals surface area contributed by atoms with E-state index in [9.17, 15) is 4.39 Å². The van der Waals surface area contributed by atoms with E-state index in [1.165, 1.54) is 11.6 Å². The average Bonchev–Trinajstić information content (AvgIpc) is 2.53. The van der Waals surface area contributed by atoms with E-state index in [-0.39, 0.29) is 17.9 Å². The third kappa shape index (κ3) is 3.90. The Morgan fingerprint density at radius 1 is 1.05 bits per heavy atom. The largest absolute Gasteiger partial charge is 0.312 e. The van der Waals surface area contributed by atoms with Crippen molar-refractivity contribution in [3.05, 3.63) is 71.5 Å². The summed E-state index contributed by atoms with van der Waals surface area (Å²) in [5.74, 6) is -0.141. The molecule has 0 aromatic heterocycles. The van der Waals surface area contributed by atoms with Gasteiger partial charge in [-0.2, -0.15) is 0 Å². The fourth-order valence-electron chi connectivity index (χ4n) is 2.55. The van der Waals surface area contributed by atoms with E-state index in [0.29, 0.717) is 0 Å². The fraction of sp³-hybridized carbons (Fsp3) is 0.333. The molecule has 1 N–H and O–H groups in total. The summed E-state index contributed by atoms with van der Waals surface area (Å²) in [5, 5.41) is 3.33. The predicted octanol–water partition coefficient (Wildman–Crippen LogP) is 3.78. The van der Waals surface area contributed by atoms with Gasteiger partial charge in [-0.05, 0) is 32.6 Å². The maximum Gasteiger partial charge on any atom is 0.127 e. The molecule has 0 bridgehead atoms. The van der Waals surface area contributed by atoms with Crippen LogP contribution in [0.2, 0.25) is 0 Å². The smallest absolute Gasteiger partial charge is 0.127 e. The van der Waals surface area contributed by atoms with Crippen LogP contribution in [-0.4, -0.2) is 25.5 Å². The standard InChI is InChI=1S/C18H23FN2/c1-14(16-11-7-8-12-17(16)19)21(3)13-18(20-2)15-9-5-4-6-10-15/h4-12,14,18,20H,13H2,1-3H3. The van der Waals surface area contributed by atoms with Crippen molar-refractivity contribution in [2.45, 2.75) is 19.0 Å². The van der Waals surface area contributed by atoms with Gasteiger partial charge >= 0.3 is 0 Å². The molecule has 0 radical (unpaired) electrons. The quantitative estimate of drug-likeness (QED) is 0.869. The molecule has 0 fully saturated rings. The first-order valence-corrected chi connectivity index (χ1v) is 7.30. The summed E-state index contributed by atoms with van der Waals surface area (Å²) >= 11 is 0. The first kappa shape index (κ1) is 15.7. The fourth-order valence-corrected chi connectivity index (χ4v) is 2.55. The van der Waals surface area contributed by atoms with Gasteiger partial charge in [0.2, 0.25) is 0 Å². The molecule has 0 heterocycles. The normalized spacial score (nSPS) is 14.1. The van der Waals surface area contributed by atoms with Crippen molar-refractivity contribution in [2.24, 2.45) is 0 Å². The molecule has 3 heteroatoms. The van der Waals surface area contributed by atoms with E-state index in [4.69, 9.17) is 0 Å². The van der Waals surface area contributed by atoms with Crippen molar-refractivity contribution in [1.82, 2.24) is 10.2 Å². The molecule has 2 atom stereocenters. The molecule has 0 aliphatic carbocycles. The highest BCUT2D eigenvalue weighted by atomic mass is 19.1. The van der Waals surface area contributed by atoms with Crippen molar-refractivity contribution in [3.8, 4) is 0 Å². The highest BCUT2D eigenvalue weighted by Gasteiger charge is 2.19. The molecular weight excluding hydrogens is 263 g/mol. The number of hydrogen-bond acceptors (Lipinski definition) is 2. The monoisotopic (exact) mass is 286 g/mol. The molecule has 2 unspecified atom stereocenters. The summed E-state index contributed by atoms with van der Waals surface area (Å²) in [6, 6.07) is 17.6. The Morgan fingerprint density at radius 3 is 2.29 bits per heavy atom.